The molecule has 2 aromatic rings. The molecule has 1 atom stereocenters. The number of halogens is 2. The SMILES string of the molecule is CC(Cn1cncn1)NS(=O)(=O)c1c(Cl)cccc1Cl. The first-order valence-electron chi connectivity index (χ1n) is 5.69. The number of nitrogens with zero attached hydrogens (tertiary/aromatic N) is 3. The minimum Gasteiger partial charge on any atom is -0.251 e. The fraction of sp³-hybridized carbons (Fsp3) is 0.273. The number of hydrogen-bond acceptors (Lipinski definition) is 4. The van der Waals surface area contributed by atoms with Gasteiger partial charge in [-0.2, -0.15) is 5.10 Å². The van der Waals surface area contributed by atoms with Gasteiger partial charge in [0.1, 0.15) is 17.6 Å². The van der Waals surface area contributed by atoms with Crippen LogP contribution >= 0.6 is 23.2 Å². The van der Waals surface area contributed by atoms with Crippen LogP contribution in [0.1, 0.15) is 6.92 Å². The maximum absolute atomic E-state index is 12.3. The molecule has 0 aliphatic carbocycles. The van der Waals surface area contributed by atoms with E-state index in [0.29, 0.717) is 6.54 Å². The number of sulfonamides is 1. The van der Waals surface area contributed by atoms with E-state index < -0.39 is 16.1 Å². The van der Waals surface area contributed by atoms with Crippen LogP contribution in [-0.4, -0.2) is 29.2 Å². The lowest BCUT2D eigenvalue weighted by Crippen LogP contribution is -2.36. The van der Waals surface area contributed by atoms with Gasteiger partial charge in [0.2, 0.25) is 10.0 Å². The number of nitrogens with one attached hydrogen (secondary N) is 1. The molecule has 0 saturated heterocycles. The Morgan fingerprint density at radius 2 is 2.00 bits per heavy atom. The fourth-order valence-electron chi connectivity index (χ4n) is 1.71. The van der Waals surface area contributed by atoms with Crippen LogP contribution in [0.25, 0.3) is 0 Å². The van der Waals surface area contributed by atoms with Gasteiger partial charge in [0.15, 0.2) is 0 Å². The zero-order chi connectivity index (χ0) is 14.8. The Morgan fingerprint density at radius 1 is 1.35 bits per heavy atom. The summed E-state index contributed by atoms with van der Waals surface area (Å²) in [7, 11) is -3.80. The Bertz CT molecular complexity index is 668. The monoisotopic (exact) mass is 334 g/mol. The number of rotatable bonds is 5. The van der Waals surface area contributed by atoms with E-state index in [1.54, 1.807) is 13.0 Å². The largest absolute Gasteiger partial charge is 0.251 e. The highest BCUT2D eigenvalue weighted by Gasteiger charge is 2.23. The third-order valence-electron chi connectivity index (χ3n) is 2.47. The standard InChI is InChI=1S/C11H12Cl2N4O2S/c1-8(5-17-7-14-6-15-17)16-20(18,19)11-9(12)3-2-4-10(11)13/h2-4,6-8,16H,5H2,1H3. The average molecular weight is 335 g/mol. The molecule has 9 heteroatoms. The Kier molecular flexibility index (Phi) is 4.64. The molecule has 0 fully saturated rings. The Morgan fingerprint density at radius 3 is 2.55 bits per heavy atom. The van der Waals surface area contributed by atoms with E-state index in [2.05, 4.69) is 14.8 Å². The minimum absolute atomic E-state index is 0.0814. The van der Waals surface area contributed by atoms with Gasteiger partial charge in [0.25, 0.3) is 0 Å². The fourth-order valence-corrected chi connectivity index (χ4v) is 4.09. The summed E-state index contributed by atoms with van der Waals surface area (Å²) in [6.45, 7) is 2.06. The van der Waals surface area contributed by atoms with Crippen LogP contribution < -0.4 is 4.72 Å². The first-order chi connectivity index (χ1) is 9.40. The van der Waals surface area contributed by atoms with Crippen molar-refractivity contribution in [1.29, 1.82) is 0 Å². The Balaban J connectivity index is 2.19. The molecule has 1 N–H and O–H groups in total. The van der Waals surface area contributed by atoms with Gasteiger partial charge < -0.3 is 0 Å². The minimum atomic E-state index is -3.80. The van der Waals surface area contributed by atoms with Crippen molar-refractivity contribution in [3.05, 3.63) is 40.9 Å². The van der Waals surface area contributed by atoms with Crippen molar-refractivity contribution >= 4 is 33.2 Å². The molecule has 20 heavy (non-hydrogen) atoms. The summed E-state index contributed by atoms with van der Waals surface area (Å²) >= 11 is 11.8. The second kappa shape index (κ2) is 6.09. The molecule has 0 spiro atoms. The van der Waals surface area contributed by atoms with Crippen molar-refractivity contribution in [2.45, 2.75) is 24.4 Å². The first kappa shape index (κ1) is 15.2. The molecule has 2 rings (SSSR count). The van der Waals surface area contributed by atoms with E-state index in [4.69, 9.17) is 23.2 Å². The normalized spacial score (nSPS) is 13.3. The van der Waals surface area contributed by atoms with Crippen LogP contribution in [0, 0.1) is 0 Å². The number of hydrogen-bond donors (Lipinski definition) is 1. The molecular weight excluding hydrogens is 323 g/mol. The van der Waals surface area contributed by atoms with Crippen LogP contribution in [0.15, 0.2) is 35.7 Å². The predicted octanol–water partition coefficient (Wildman–Crippen LogP) is 1.95. The van der Waals surface area contributed by atoms with Gasteiger partial charge in [-0.05, 0) is 19.1 Å². The molecule has 1 unspecified atom stereocenters. The molecule has 1 aromatic heterocycles. The quantitative estimate of drug-likeness (QED) is 0.906. The van der Waals surface area contributed by atoms with Crippen molar-refractivity contribution in [3.63, 3.8) is 0 Å². The van der Waals surface area contributed by atoms with E-state index >= 15 is 0 Å². The van der Waals surface area contributed by atoms with Crippen molar-refractivity contribution in [3.8, 4) is 0 Å². The highest BCUT2D eigenvalue weighted by Crippen LogP contribution is 2.28. The van der Waals surface area contributed by atoms with E-state index in [1.165, 1.54) is 29.5 Å². The van der Waals surface area contributed by atoms with Crippen molar-refractivity contribution in [2.75, 3.05) is 0 Å². The van der Waals surface area contributed by atoms with Crippen LogP contribution in [0.4, 0.5) is 0 Å². The van der Waals surface area contributed by atoms with Crippen LogP contribution in [0.5, 0.6) is 0 Å². The molecule has 0 aliphatic rings. The summed E-state index contributed by atoms with van der Waals surface area (Å²) in [6, 6.07) is 4.14. The maximum atomic E-state index is 12.3. The van der Waals surface area contributed by atoms with Gasteiger partial charge in [-0.25, -0.2) is 18.1 Å². The average Bonchev–Trinajstić information content (AvgIpc) is 2.79. The van der Waals surface area contributed by atoms with Crippen LogP contribution in [-0.2, 0) is 16.6 Å². The van der Waals surface area contributed by atoms with Crippen molar-refractivity contribution < 1.29 is 8.42 Å². The first-order valence-corrected chi connectivity index (χ1v) is 7.93. The Labute approximate surface area is 126 Å². The lowest BCUT2D eigenvalue weighted by Gasteiger charge is -2.15. The summed E-state index contributed by atoms with van der Waals surface area (Å²) in [5, 5.41) is 4.08. The molecular formula is C11H12Cl2N4O2S. The molecule has 1 aromatic carbocycles. The van der Waals surface area contributed by atoms with Gasteiger partial charge >= 0.3 is 0 Å². The molecule has 0 bridgehead atoms. The highest BCUT2D eigenvalue weighted by molar-refractivity contribution is 7.89. The smallest absolute Gasteiger partial charge is 0.243 e. The molecule has 108 valence electrons. The lowest BCUT2D eigenvalue weighted by molar-refractivity contribution is 0.493. The molecule has 6 nitrogen and oxygen atoms in total. The van der Waals surface area contributed by atoms with Crippen LogP contribution in [0.2, 0.25) is 10.0 Å². The molecule has 0 radical (unpaired) electrons. The maximum Gasteiger partial charge on any atom is 0.243 e. The van der Waals surface area contributed by atoms with E-state index in [-0.39, 0.29) is 14.9 Å². The van der Waals surface area contributed by atoms with Gasteiger partial charge in [0.05, 0.1) is 16.6 Å². The highest BCUT2D eigenvalue weighted by atomic mass is 35.5. The van der Waals surface area contributed by atoms with Crippen molar-refractivity contribution in [2.24, 2.45) is 0 Å². The summed E-state index contributed by atoms with van der Waals surface area (Å²) in [6.07, 6.45) is 2.89. The predicted molar refractivity (Wildman–Crippen MR) is 76.3 cm³/mol. The van der Waals surface area contributed by atoms with E-state index in [9.17, 15) is 8.42 Å². The van der Waals surface area contributed by atoms with Gasteiger partial charge in [-0.15, -0.1) is 0 Å². The lowest BCUT2D eigenvalue weighted by atomic mass is 10.4. The summed E-state index contributed by atoms with van der Waals surface area (Å²) in [5.74, 6) is 0. The van der Waals surface area contributed by atoms with E-state index in [0.717, 1.165) is 0 Å². The molecule has 0 saturated carbocycles. The third-order valence-corrected chi connectivity index (χ3v) is 5.02. The third kappa shape index (κ3) is 3.49. The molecule has 0 amide bonds. The van der Waals surface area contributed by atoms with Gasteiger partial charge in [-0.3, -0.25) is 4.68 Å². The molecule has 1 heterocycles. The second-order valence-corrected chi connectivity index (χ2v) is 6.66. The summed E-state index contributed by atoms with van der Waals surface area (Å²) in [5.41, 5.74) is 0. The van der Waals surface area contributed by atoms with Gasteiger partial charge in [0, 0.05) is 6.04 Å². The summed E-state index contributed by atoms with van der Waals surface area (Å²) in [4.78, 5) is 3.67. The Hall–Kier alpha value is -1.15. The second-order valence-electron chi connectivity index (χ2n) is 4.19. The summed E-state index contributed by atoms with van der Waals surface area (Å²) < 4.78 is 28.6. The zero-order valence-electron chi connectivity index (χ0n) is 10.5. The zero-order valence-corrected chi connectivity index (χ0v) is 12.8. The molecule has 0 aliphatic heterocycles. The number of aromatic nitrogens is 3. The van der Waals surface area contributed by atoms with E-state index in [1.807, 2.05) is 0 Å². The van der Waals surface area contributed by atoms with Gasteiger partial charge in [-0.1, -0.05) is 29.3 Å². The van der Waals surface area contributed by atoms with Crippen LogP contribution in [0.3, 0.4) is 0 Å². The topological polar surface area (TPSA) is 76.9 Å². The van der Waals surface area contributed by atoms with Crippen molar-refractivity contribution in [1.82, 2.24) is 19.5 Å². The number of benzene rings is 1.